The monoisotopic (exact) mass is 1560 g/mol. The first-order valence-corrected chi connectivity index (χ1v) is 41.8. The second-order valence-electron chi connectivity index (χ2n) is 24.8. The number of rotatable bonds is 24. The van der Waals surface area contributed by atoms with E-state index in [0.717, 1.165) is 5.56 Å². The average molecular weight is 1560 g/mol. The summed E-state index contributed by atoms with van der Waals surface area (Å²) in [5, 5.41) is 22.6. The molecule has 552 valence electrons. The molecule has 0 bridgehead atoms. The normalized spacial score (nSPS) is 17.3. The molecule has 0 saturated carbocycles. The van der Waals surface area contributed by atoms with Crippen molar-refractivity contribution in [1.29, 1.82) is 0 Å². The molecule has 0 amide bonds. The SMILES string of the molecule is Cc1ccccc1ON1P(Oc2ccccc2C)N=P(Oc2ccc(O)cc2)(Oc2ccc(O)cc2)N(Oc2ccccc2C)P(Oc2ccccc2C)N(Oc2ccccc2C)P(Oc2ccccc2C)N(Oc2ccccc2C)P(Oc2ccccc2C)N(Oc2ccccc2C)P1Oc1ccccc1C. The van der Waals surface area contributed by atoms with Crippen LogP contribution in [0.3, 0.4) is 0 Å². The van der Waals surface area contributed by atoms with Gasteiger partial charge in [-0.2, -0.15) is 0 Å². The van der Waals surface area contributed by atoms with Gasteiger partial charge in [-0.3, -0.25) is 0 Å². The molecule has 1 aliphatic heterocycles. The summed E-state index contributed by atoms with van der Waals surface area (Å²) in [5.74, 6) is 3.49. The predicted molar refractivity (Wildman–Crippen MR) is 429 cm³/mol. The molecule has 0 fully saturated rings. The Kier molecular flexibility index (Phi) is 25.0. The van der Waals surface area contributed by atoms with Crippen LogP contribution in [0.25, 0.3) is 0 Å². The van der Waals surface area contributed by atoms with Crippen LogP contribution < -0.4 is 55.9 Å². The minimum absolute atomic E-state index is 0.0754. The van der Waals surface area contributed by atoms with Crippen LogP contribution in [0.2, 0.25) is 0 Å². The van der Waals surface area contributed by atoms with E-state index in [1.807, 2.05) is 306 Å². The van der Waals surface area contributed by atoms with Crippen molar-refractivity contribution < 1.29 is 66.1 Å². The molecule has 108 heavy (non-hydrogen) atoms. The molecule has 20 nitrogen and oxygen atoms in total. The zero-order valence-electron chi connectivity index (χ0n) is 60.9. The molecular weight excluding hydrogens is 1480 g/mol. The van der Waals surface area contributed by atoms with Crippen molar-refractivity contribution >= 4 is 49.9 Å². The van der Waals surface area contributed by atoms with Crippen LogP contribution in [-0.2, 0) is 0 Å². The number of nitrogens with zero attached hydrogens (tertiary/aromatic N) is 6. The molecule has 1 aliphatic rings. The highest BCUT2D eigenvalue weighted by molar-refractivity contribution is 7.79. The Labute approximate surface area is 636 Å². The van der Waals surface area contributed by atoms with E-state index < -0.39 is 49.9 Å². The third-order valence-electron chi connectivity index (χ3n) is 16.6. The number of para-hydroxylation sites is 10. The van der Waals surface area contributed by atoms with Gasteiger partial charge in [-0.15, -0.1) is 4.52 Å². The molecule has 5 atom stereocenters. The minimum Gasteiger partial charge on any atom is -0.508 e. The second-order valence-corrected chi connectivity index (χ2v) is 35.6. The number of phenolic OH excluding ortho intramolecular Hbond substituents is 2. The fraction of sp³-hybridized carbons (Fsp3) is 0.122. The number of phenols is 2. The molecule has 0 spiro atoms. The van der Waals surface area contributed by atoms with Crippen molar-refractivity contribution in [3.05, 3.63) is 347 Å². The van der Waals surface area contributed by atoms with E-state index in [1.165, 1.54) is 28.9 Å². The van der Waals surface area contributed by atoms with E-state index in [2.05, 4.69) is 0 Å². The quantitative estimate of drug-likeness (QED) is 0.0545. The number of aryl methyl sites for hydroxylation is 10. The van der Waals surface area contributed by atoms with Gasteiger partial charge in [-0.1, -0.05) is 182 Å². The Hall–Kier alpha value is -9.98. The Morgan fingerprint density at radius 2 is 0.454 bits per heavy atom. The van der Waals surface area contributed by atoms with Gasteiger partial charge in [0.2, 0.25) is 0 Å². The fourth-order valence-corrected chi connectivity index (χ4v) is 25.0. The zero-order valence-corrected chi connectivity index (χ0v) is 66.2. The Morgan fingerprint density at radius 3 is 0.731 bits per heavy atom. The van der Waals surface area contributed by atoms with Gasteiger partial charge >= 0.3 is 49.9 Å². The maximum Gasteiger partial charge on any atom is 0.447 e. The highest BCUT2D eigenvalue weighted by Gasteiger charge is 2.61. The molecule has 0 radical (unpaired) electrons. The average Bonchev–Trinajstić information content (AvgIpc) is 0.740. The summed E-state index contributed by atoms with van der Waals surface area (Å²) >= 11 is 0. The topological polar surface area (TPSA) is 180 Å². The molecule has 2 N–H and O–H groups in total. The van der Waals surface area contributed by atoms with Crippen LogP contribution in [0.5, 0.6) is 80.5 Å². The molecule has 0 aromatic heterocycles. The molecule has 1 heterocycles. The summed E-state index contributed by atoms with van der Waals surface area (Å²) in [6, 6.07) is 88.0. The van der Waals surface area contributed by atoms with Crippen molar-refractivity contribution in [2.75, 3.05) is 0 Å². The van der Waals surface area contributed by atoms with Crippen LogP contribution in [0.1, 0.15) is 55.6 Å². The third-order valence-corrected chi connectivity index (χ3v) is 29.5. The minimum atomic E-state index is -5.14. The fourth-order valence-electron chi connectivity index (χ4n) is 10.4. The summed E-state index contributed by atoms with van der Waals surface area (Å²) in [4.78, 5) is 39.6. The summed E-state index contributed by atoms with van der Waals surface area (Å²) in [6.45, 7) is 19.3. The Bertz CT molecular complexity index is 5060. The lowest BCUT2D eigenvalue weighted by Gasteiger charge is -2.46. The molecular formula is C82H80N6O14P6. The first kappa shape index (κ1) is 76.2. The Balaban J connectivity index is 1.31. The van der Waals surface area contributed by atoms with Gasteiger partial charge in [0.1, 0.15) is 51.7 Å². The van der Waals surface area contributed by atoms with Crippen LogP contribution >= 0.6 is 49.9 Å². The van der Waals surface area contributed by atoms with Crippen LogP contribution in [0.15, 0.2) is 296 Å². The molecule has 0 saturated heterocycles. The lowest BCUT2D eigenvalue weighted by atomic mass is 10.2. The van der Waals surface area contributed by atoms with Gasteiger partial charge in [0, 0.05) is 23.0 Å². The van der Waals surface area contributed by atoms with Gasteiger partial charge in [0.25, 0.3) is 0 Å². The van der Waals surface area contributed by atoms with Gasteiger partial charge < -0.3 is 66.1 Å². The first-order valence-electron chi connectivity index (χ1n) is 34.4. The summed E-state index contributed by atoms with van der Waals surface area (Å²) in [7, 11) is -20.6. The molecule has 26 heteroatoms. The largest absolute Gasteiger partial charge is 0.508 e. The second kappa shape index (κ2) is 35.4. The summed E-state index contributed by atoms with van der Waals surface area (Å²) in [5.41, 5.74) is 6.94. The smallest absolute Gasteiger partial charge is 0.447 e. The lowest BCUT2D eigenvalue weighted by molar-refractivity contribution is 0.0230. The van der Waals surface area contributed by atoms with E-state index in [-0.39, 0.29) is 28.7 Å². The number of hydrogen-bond acceptors (Lipinski definition) is 20. The molecule has 12 aromatic carbocycles. The maximum absolute atomic E-state index is 11.3. The maximum atomic E-state index is 11.3. The standard InChI is InChI=1S/C82H80N6O14P6/c1-59-31-11-21-41-73(59)91-84-103(96-78-46-26-16-36-64(78)6)83-108(101-71-55-51-69(89)52-56-71,102-72-57-53-70(90)54-58-72)88(95-77-45-25-15-35-63(77)5)107(100-82-50-30-20-40-68(82)10)87(94-76-44-24-14-34-62(76)4)106(99-81-49-29-19-39-67(81)9)86(93-75-43-23-13-33-61(75)3)105(98-80-48-28-18-38-66(80)8)85(92-74-42-22-12-32-60(74)2)104(84)97-79-47-27-17-37-65(79)7/h11-58,89-90H,1-10H3. The van der Waals surface area contributed by atoms with Crippen molar-refractivity contribution in [3.8, 4) is 80.5 Å². The van der Waals surface area contributed by atoms with Gasteiger partial charge in [-0.25, -0.2) is 0 Å². The van der Waals surface area contributed by atoms with E-state index in [9.17, 15) is 10.2 Å². The van der Waals surface area contributed by atoms with Gasteiger partial charge in [-0.05, 0) is 234 Å². The summed E-state index contributed by atoms with van der Waals surface area (Å²) in [6.07, 6.45) is 0. The number of aromatic hydroxyl groups is 2. The third kappa shape index (κ3) is 18.4. The highest BCUT2D eigenvalue weighted by atomic mass is 31.3. The van der Waals surface area contributed by atoms with Gasteiger partial charge in [0.05, 0.1) is 0 Å². The lowest BCUT2D eigenvalue weighted by Crippen LogP contribution is -2.42. The number of benzene rings is 12. The van der Waals surface area contributed by atoms with E-state index in [4.69, 9.17) is 60.4 Å². The van der Waals surface area contributed by atoms with E-state index >= 15 is 0 Å². The van der Waals surface area contributed by atoms with Crippen molar-refractivity contribution in [1.82, 2.24) is 23.0 Å². The predicted octanol–water partition coefficient (Wildman–Crippen LogP) is 24.6. The molecule has 12 aromatic rings. The zero-order chi connectivity index (χ0) is 75.3. The number of hydrogen-bond donors (Lipinski definition) is 2. The van der Waals surface area contributed by atoms with E-state index in [0.29, 0.717) is 102 Å². The highest BCUT2D eigenvalue weighted by Crippen LogP contribution is 2.79. The van der Waals surface area contributed by atoms with Crippen molar-refractivity contribution in [3.63, 3.8) is 0 Å². The first-order chi connectivity index (χ1) is 52.4. The molecule has 5 unspecified atom stereocenters. The summed E-state index contributed by atoms with van der Waals surface area (Å²) < 4.78 is 69.8. The van der Waals surface area contributed by atoms with Crippen molar-refractivity contribution in [2.24, 2.45) is 4.52 Å². The van der Waals surface area contributed by atoms with Gasteiger partial charge in [0.15, 0.2) is 28.7 Å². The van der Waals surface area contributed by atoms with E-state index in [1.54, 1.807) is 48.7 Å². The van der Waals surface area contributed by atoms with Crippen molar-refractivity contribution in [2.45, 2.75) is 69.2 Å². The Morgan fingerprint density at radius 1 is 0.241 bits per heavy atom. The van der Waals surface area contributed by atoms with Crippen LogP contribution in [0, 0.1) is 69.2 Å². The molecule has 0 aliphatic carbocycles. The molecule has 13 rings (SSSR count). The van der Waals surface area contributed by atoms with Crippen LogP contribution in [0.4, 0.5) is 0 Å². The van der Waals surface area contributed by atoms with Crippen LogP contribution in [-0.4, -0.2) is 33.2 Å².